The Bertz CT molecular complexity index is 469. The van der Waals surface area contributed by atoms with Crippen LogP contribution in [0.3, 0.4) is 0 Å². The molecular weight excluding hydrogens is 228 g/mol. The number of amides is 1. The summed E-state index contributed by atoms with van der Waals surface area (Å²) in [6.07, 6.45) is 0. The molecule has 1 fully saturated rings. The SMILES string of the molecule is Cc1ccc(C(=O)N2CCNC(C)(C)C2)c(O)c1. The highest BCUT2D eigenvalue weighted by Crippen LogP contribution is 2.22. The lowest BCUT2D eigenvalue weighted by Crippen LogP contribution is -2.58. The fourth-order valence-corrected chi connectivity index (χ4v) is 2.31. The Morgan fingerprint density at radius 2 is 2.17 bits per heavy atom. The van der Waals surface area contributed by atoms with Crippen LogP contribution in [0, 0.1) is 6.92 Å². The van der Waals surface area contributed by atoms with Crippen molar-refractivity contribution < 1.29 is 9.90 Å². The summed E-state index contributed by atoms with van der Waals surface area (Å²) in [7, 11) is 0. The van der Waals surface area contributed by atoms with Gasteiger partial charge in [-0.3, -0.25) is 4.79 Å². The topological polar surface area (TPSA) is 52.6 Å². The summed E-state index contributed by atoms with van der Waals surface area (Å²) >= 11 is 0. The normalized spacial score (nSPS) is 18.7. The summed E-state index contributed by atoms with van der Waals surface area (Å²) in [5.74, 6) is -0.0292. The Kier molecular flexibility index (Phi) is 3.30. The molecule has 1 aromatic carbocycles. The standard InChI is InChI=1S/C14H20N2O2/c1-10-4-5-11(12(17)8-10)13(18)16-7-6-15-14(2,3)9-16/h4-5,8,15,17H,6-7,9H2,1-3H3. The number of nitrogens with one attached hydrogen (secondary N) is 1. The summed E-state index contributed by atoms with van der Waals surface area (Å²) in [4.78, 5) is 14.2. The number of piperazine rings is 1. The van der Waals surface area contributed by atoms with E-state index in [1.807, 2.05) is 13.0 Å². The maximum Gasteiger partial charge on any atom is 0.257 e. The van der Waals surface area contributed by atoms with Crippen molar-refractivity contribution in [3.05, 3.63) is 29.3 Å². The fourth-order valence-electron chi connectivity index (χ4n) is 2.31. The lowest BCUT2D eigenvalue weighted by molar-refractivity contribution is 0.0649. The summed E-state index contributed by atoms with van der Waals surface area (Å²) in [6.45, 7) is 8.14. The maximum atomic E-state index is 12.4. The van der Waals surface area contributed by atoms with Crippen LogP contribution in [0.1, 0.15) is 29.8 Å². The summed E-state index contributed by atoms with van der Waals surface area (Å²) in [6, 6.07) is 5.17. The van der Waals surface area contributed by atoms with Gasteiger partial charge in [-0.25, -0.2) is 0 Å². The van der Waals surface area contributed by atoms with E-state index in [4.69, 9.17) is 0 Å². The van der Waals surface area contributed by atoms with Gasteiger partial charge in [0.05, 0.1) is 5.56 Å². The van der Waals surface area contributed by atoms with Crippen LogP contribution >= 0.6 is 0 Å². The molecule has 2 N–H and O–H groups in total. The Balaban J connectivity index is 2.20. The summed E-state index contributed by atoms with van der Waals surface area (Å²) in [5, 5.41) is 13.2. The van der Waals surface area contributed by atoms with Gasteiger partial charge in [0.15, 0.2) is 0 Å². The molecule has 98 valence electrons. The highest BCUT2D eigenvalue weighted by molar-refractivity contribution is 5.97. The van der Waals surface area contributed by atoms with Crippen LogP contribution in [0.4, 0.5) is 0 Å². The number of carbonyl (C=O) groups is 1. The van der Waals surface area contributed by atoms with Gasteiger partial charge in [-0.05, 0) is 38.5 Å². The molecule has 4 heteroatoms. The van der Waals surface area contributed by atoms with Crippen LogP contribution in [-0.2, 0) is 0 Å². The van der Waals surface area contributed by atoms with Crippen molar-refractivity contribution in [2.75, 3.05) is 19.6 Å². The second-order valence-corrected chi connectivity index (χ2v) is 5.56. The van der Waals surface area contributed by atoms with E-state index in [0.29, 0.717) is 18.7 Å². The van der Waals surface area contributed by atoms with E-state index in [0.717, 1.165) is 12.1 Å². The molecule has 0 aliphatic carbocycles. The lowest BCUT2D eigenvalue weighted by atomic mass is 10.0. The number of rotatable bonds is 1. The van der Waals surface area contributed by atoms with E-state index in [1.54, 1.807) is 17.0 Å². The molecule has 1 heterocycles. The molecule has 4 nitrogen and oxygen atoms in total. The van der Waals surface area contributed by atoms with Crippen LogP contribution in [0.15, 0.2) is 18.2 Å². The number of hydrogen-bond donors (Lipinski definition) is 2. The van der Waals surface area contributed by atoms with Gasteiger partial charge in [0, 0.05) is 25.2 Å². The highest BCUT2D eigenvalue weighted by atomic mass is 16.3. The third-order valence-electron chi connectivity index (χ3n) is 3.24. The van der Waals surface area contributed by atoms with E-state index in [9.17, 15) is 9.90 Å². The van der Waals surface area contributed by atoms with E-state index in [2.05, 4.69) is 19.2 Å². The Morgan fingerprint density at radius 3 is 2.78 bits per heavy atom. The first-order valence-corrected chi connectivity index (χ1v) is 6.23. The average Bonchev–Trinajstić information content (AvgIpc) is 2.27. The lowest BCUT2D eigenvalue weighted by Gasteiger charge is -2.39. The van der Waals surface area contributed by atoms with Crippen molar-refractivity contribution in [2.45, 2.75) is 26.3 Å². The van der Waals surface area contributed by atoms with E-state index >= 15 is 0 Å². The molecule has 0 aromatic heterocycles. The first-order chi connectivity index (χ1) is 8.39. The second-order valence-electron chi connectivity index (χ2n) is 5.56. The number of nitrogens with zero attached hydrogens (tertiary/aromatic N) is 1. The van der Waals surface area contributed by atoms with Gasteiger partial charge < -0.3 is 15.3 Å². The molecule has 0 radical (unpaired) electrons. The first kappa shape index (κ1) is 12.9. The fraction of sp³-hybridized carbons (Fsp3) is 0.500. The molecule has 1 saturated heterocycles. The van der Waals surface area contributed by atoms with Gasteiger partial charge in [-0.15, -0.1) is 0 Å². The molecule has 0 atom stereocenters. The smallest absolute Gasteiger partial charge is 0.257 e. The van der Waals surface area contributed by atoms with Crippen molar-refractivity contribution in [2.24, 2.45) is 0 Å². The number of carbonyl (C=O) groups excluding carboxylic acids is 1. The molecule has 1 amide bonds. The quantitative estimate of drug-likeness (QED) is 0.792. The van der Waals surface area contributed by atoms with Crippen molar-refractivity contribution in [1.29, 1.82) is 0 Å². The number of phenols is 1. The third kappa shape index (κ3) is 2.64. The van der Waals surface area contributed by atoms with Crippen molar-refractivity contribution in [3.63, 3.8) is 0 Å². The average molecular weight is 248 g/mol. The summed E-state index contributed by atoms with van der Waals surface area (Å²) < 4.78 is 0. The third-order valence-corrected chi connectivity index (χ3v) is 3.24. The minimum atomic E-state index is -0.0953. The van der Waals surface area contributed by atoms with Crippen LogP contribution in [0.25, 0.3) is 0 Å². The van der Waals surface area contributed by atoms with Crippen LogP contribution in [-0.4, -0.2) is 41.1 Å². The monoisotopic (exact) mass is 248 g/mol. The molecule has 1 aliphatic heterocycles. The minimum Gasteiger partial charge on any atom is -0.507 e. The van der Waals surface area contributed by atoms with Gasteiger partial charge in [0.1, 0.15) is 5.75 Å². The zero-order valence-electron chi connectivity index (χ0n) is 11.2. The molecule has 0 unspecified atom stereocenters. The number of benzene rings is 1. The molecular formula is C14H20N2O2. The van der Waals surface area contributed by atoms with Crippen LogP contribution < -0.4 is 5.32 Å². The molecule has 0 saturated carbocycles. The van der Waals surface area contributed by atoms with Crippen LogP contribution in [0.5, 0.6) is 5.75 Å². The zero-order valence-corrected chi connectivity index (χ0v) is 11.2. The maximum absolute atomic E-state index is 12.4. The van der Waals surface area contributed by atoms with E-state index in [1.165, 1.54) is 0 Å². The Labute approximate surface area is 108 Å². The second kappa shape index (κ2) is 4.61. The van der Waals surface area contributed by atoms with E-state index < -0.39 is 0 Å². The zero-order chi connectivity index (χ0) is 13.3. The van der Waals surface area contributed by atoms with Crippen molar-refractivity contribution >= 4 is 5.91 Å². The van der Waals surface area contributed by atoms with Gasteiger partial charge in [0.2, 0.25) is 0 Å². The molecule has 1 aliphatic rings. The molecule has 18 heavy (non-hydrogen) atoms. The van der Waals surface area contributed by atoms with E-state index in [-0.39, 0.29) is 17.2 Å². The molecule has 0 spiro atoms. The predicted molar refractivity (Wildman–Crippen MR) is 70.8 cm³/mol. The largest absolute Gasteiger partial charge is 0.507 e. The van der Waals surface area contributed by atoms with Crippen molar-refractivity contribution in [3.8, 4) is 5.75 Å². The van der Waals surface area contributed by atoms with Crippen LogP contribution in [0.2, 0.25) is 0 Å². The molecule has 1 aromatic rings. The number of phenolic OH excluding ortho intramolecular Hbond substituents is 1. The highest BCUT2D eigenvalue weighted by Gasteiger charge is 2.29. The Hall–Kier alpha value is -1.55. The summed E-state index contributed by atoms with van der Waals surface area (Å²) in [5.41, 5.74) is 1.26. The van der Waals surface area contributed by atoms with Crippen molar-refractivity contribution in [1.82, 2.24) is 10.2 Å². The van der Waals surface area contributed by atoms with Gasteiger partial charge in [-0.1, -0.05) is 6.07 Å². The Morgan fingerprint density at radius 1 is 1.44 bits per heavy atom. The number of hydrogen-bond acceptors (Lipinski definition) is 3. The molecule has 0 bridgehead atoms. The minimum absolute atomic E-state index is 0.0661. The first-order valence-electron chi connectivity index (χ1n) is 6.23. The molecule has 2 rings (SSSR count). The van der Waals surface area contributed by atoms with Gasteiger partial charge in [0.25, 0.3) is 5.91 Å². The number of aromatic hydroxyl groups is 1. The number of aryl methyl sites for hydroxylation is 1. The van der Waals surface area contributed by atoms with Gasteiger partial charge >= 0.3 is 0 Å². The van der Waals surface area contributed by atoms with Gasteiger partial charge in [-0.2, -0.15) is 0 Å². The predicted octanol–water partition coefficient (Wildman–Crippen LogP) is 1.52.